The van der Waals surface area contributed by atoms with Crippen molar-refractivity contribution in [3.63, 3.8) is 0 Å². The number of benzene rings is 1. The molecule has 0 atom stereocenters. The minimum absolute atomic E-state index is 0.0232. The van der Waals surface area contributed by atoms with Crippen LogP contribution in [-0.2, 0) is 11.2 Å². The summed E-state index contributed by atoms with van der Waals surface area (Å²) >= 11 is 0. The Labute approximate surface area is 112 Å². The quantitative estimate of drug-likeness (QED) is 0.837. The van der Waals surface area contributed by atoms with E-state index in [1.54, 1.807) is 11.1 Å². The summed E-state index contributed by atoms with van der Waals surface area (Å²) < 4.78 is 0. The van der Waals surface area contributed by atoms with E-state index in [0.29, 0.717) is 25.1 Å². The lowest BCUT2D eigenvalue weighted by atomic mass is 10.1. The zero-order chi connectivity index (χ0) is 13.8. The van der Waals surface area contributed by atoms with Crippen LogP contribution in [0.5, 0.6) is 0 Å². The first-order valence-corrected chi connectivity index (χ1v) is 6.54. The maximum atomic E-state index is 12.4. The van der Waals surface area contributed by atoms with Crippen molar-refractivity contribution in [3.05, 3.63) is 35.5 Å². The molecule has 1 amide bonds. The van der Waals surface area contributed by atoms with Gasteiger partial charge in [-0.05, 0) is 25.5 Å². The van der Waals surface area contributed by atoms with Gasteiger partial charge < -0.3 is 14.7 Å². The molecule has 0 saturated heterocycles. The number of aldehydes is 1. The molecule has 2 rings (SSSR count). The number of para-hydroxylation sites is 1. The SMILES string of the molecule is CCN(CC)C(=O)c1cccc2c(CC=O)c[nH]c12. The molecule has 1 N–H and O–H groups in total. The number of rotatable bonds is 5. The van der Waals surface area contributed by atoms with Crippen LogP contribution < -0.4 is 0 Å². The van der Waals surface area contributed by atoms with Crippen molar-refractivity contribution >= 4 is 23.1 Å². The number of carbonyl (C=O) groups excluding carboxylic acids is 2. The predicted molar refractivity (Wildman–Crippen MR) is 75.3 cm³/mol. The van der Waals surface area contributed by atoms with E-state index in [0.717, 1.165) is 22.8 Å². The van der Waals surface area contributed by atoms with Gasteiger partial charge in [-0.1, -0.05) is 12.1 Å². The largest absolute Gasteiger partial charge is 0.360 e. The van der Waals surface area contributed by atoms with Crippen molar-refractivity contribution in [2.75, 3.05) is 13.1 Å². The minimum atomic E-state index is 0.0232. The Bertz CT molecular complexity index is 597. The molecule has 0 aliphatic heterocycles. The van der Waals surface area contributed by atoms with Gasteiger partial charge in [-0.25, -0.2) is 0 Å². The molecule has 0 radical (unpaired) electrons. The normalized spacial score (nSPS) is 10.6. The van der Waals surface area contributed by atoms with Crippen LogP contribution in [0, 0.1) is 0 Å². The van der Waals surface area contributed by atoms with Crippen molar-refractivity contribution in [1.29, 1.82) is 0 Å². The highest BCUT2D eigenvalue weighted by atomic mass is 16.2. The van der Waals surface area contributed by atoms with Crippen molar-refractivity contribution < 1.29 is 9.59 Å². The van der Waals surface area contributed by atoms with Gasteiger partial charge in [0.15, 0.2) is 0 Å². The Hall–Kier alpha value is -2.10. The Balaban J connectivity index is 2.49. The maximum Gasteiger partial charge on any atom is 0.255 e. The molecule has 0 bridgehead atoms. The summed E-state index contributed by atoms with van der Waals surface area (Å²) in [5, 5.41) is 0.949. The van der Waals surface area contributed by atoms with Gasteiger partial charge in [-0.15, -0.1) is 0 Å². The van der Waals surface area contributed by atoms with Crippen molar-refractivity contribution in [2.24, 2.45) is 0 Å². The van der Waals surface area contributed by atoms with Gasteiger partial charge in [0.25, 0.3) is 5.91 Å². The average Bonchev–Trinajstić information content (AvgIpc) is 2.84. The molecule has 1 aromatic heterocycles. The number of fused-ring (bicyclic) bond motifs is 1. The zero-order valence-electron chi connectivity index (χ0n) is 11.3. The monoisotopic (exact) mass is 258 g/mol. The number of carbonyl (C=O) groups is 2. The highest BCUT2D eigenvalue weighted by molar-refractivity contribution is 6.06. The highest BCUT2D eigenvalue weighted by Crippen LogP contribution is 2.23. The maximum absolute atomic E-state index is 12.4. The van der Waals surface area contributed by atoms with Crippen LogP contribution in [-0.4, -0.2) is 35.2 Å². The molecule has 1 heterocycles. The summed E-state index contributed by atoms with van der Waals surface area (Å²) in [6.07, 6.45) is 3.04. The lowest BCUT2D eigenvalue weighted by Gasteiger charge is -2.18. The van der Waals surface area contributed by atoms with Crippen LogP contribution >= 0.6 is 0 Å². The molecule has 100 valence electrons. The van der Waals surface area contributed by atoms with Crippen LogP contribution in [0.2, 0.25) is 0 Å². The van der Waals surface area contributed by atoms with E-state index in [9.17, 15) is 9.59 Å². The van der Waals surface area contributed by atoms with E-state index in [1.165, 1.54) is 0 Å². The predicted octanol–water partition coefficient (Wildman–Crippen LogP) is 2.39. The van der Waals surface area contributed by atoms with E-state index in [-0.39, 0.29) is 5.91 Å². The average molecular weight is 258 g/mol. The van der Waals surface area contributed by atoms with Crippen molar-refractivity contribution in [2.45, 2.75) is 20.3 Å². The lowest BCUT2D eigenvalue weighted by Crippen LogP contribution is -2.30. The molecular weight excluding hydrogens is 240 g/mol. The van der Waals surface area contributed by atoms with Gasteiger partial charge in [-0.3, -0.25) is 4.79 Å². The summed E-state index contributed by atoms with van der Waals surface area (Å²) in [6, 6.07) is 5.62. The fraction of sp³-hybridized carbons (Fsp3) is 0.333. The third kappa shape index (κ3) is 2.38. The standard InChI is InChI=1S/C15H18N2O2/c1-3-17(4-2)15(19)13-7-5-6-12-11(8-9-18)10-16-14(12)13/h5-7,9-10,16H,3-4,8H2,1-2H3. The van der Waals surface area contributed by atoms with Crippen molar-refractivity contribution in [1.82, 2.24) is 9.88 Å². The molecule has 19 heavy (non-hydrogen) atoms. The number of hydrogen-bond donors (Lipinski definition) is 1. The molecular formula is C15H18N2O2. The second-order valence-corrected chi connectivity index (χ2v) is 4.39. The summed E-state index contributed by atoms with van der Waals surface area (Å²) in [6.45, 7) is 5.31. The fourth-order valence-electron chi connectivity index (χ4n) is 2.33. The fourth-order valence-corrected chi connectivity index (χ4v) is 2.33. The molecule has 0 spiro atoms. The van der Waals surface area contributed by atoms with Crippen molar-refractivity contribution in [3.8, 4) is 0 Å². The van der Waals surface area contributed by atoms with Crippen LogP contribution in [0.25, 0.3) is 10.9 Å². The van der Waals surface area contributed by atoms with Crippen LogP contribution in [0.1, 0.15) is 29.8 Å². The minimum Gasteiger partial charge on any atom is -0.360 e. The van der Waals surface area contributed by atoms with E-state index < -0.39 is 0 Å². The molecule has 0 unspecified atom stereocenters. The van der Waals surface area contributed by atoms with Crippen LogP contribution in [0.4, 0.5) is 0 Å². The summed E-state index contributed by atoms with van der Waals surface area (Å²) in [4.78, 5) is 28.0. The van der Waals surface area contributed by atoms with Gasteiger partial charge in [0.1, 0.15) is 6.29 Å². The molecule has 1 aromatic carbocycles. The van der Waals surface area contributed by atoms with Crippen LogP contribution in [0.15, 0.2) is 24.4 Å². The number of nitrogens with one attached hydrogen (secondary N) is 1. The zero-order valence-corrected chi connectivity index (χ0v) is 11.3. The van der Waals surface area contributed by atoms with Gasteiger partial charge in [-0.2, -0.15) is 0 Å². The summed E-state index contributed by atoms with van der Waals surface area (Å²) in [7, 11) is 0. The topological polar surface area (TPSA) is 53.2 Å². The number of hydrogen-bond acceptors (Lipinski definition) is 2. The van der Waals surface area contributed by atoms with Gasteiger partial charge in [0, 0.05) is 31.1 Å². The second kappa shape index (κ2) is 5.69. The Morgan fingerprint density at radius 1 is 1.32 bits per heavy atom. The number of aromatic amines is 1. The molecule has 0 aliphatic carbocycles. The van der Waals surface area contributed by atoms with E-state index in [1.807, 2.05) is 32.0 Å². The van der Waals surface area contributed by atoms with Gasteiger partial charge >= 0.3 is 0 Å². The lowest BCUT2D eigenvalue weighted by molar-refractivity contribution is -0.107. The van der Waals surface area contributed by atoms with E-state index in [2.05, 4.69) is 4.98 Å². The number of amides is 1. The van der Waals surface area contributed by atoms with Crippen LogP contribution in [0.3, 0.4) is 0 Å². The third-order valence-electron chi connectivity index (χ3n) is 3.39. The van der Waals surface area contributed by atoms with Gasteiger partial charge in [0.2, 0.25) is 0 Å². The first-order chi connectivity index (χ1) is 9.22. The smallest absolute Gasteiger partial charge is 0.255 e. The number of aromatic nitrogens is 1. The van der Waals surface area contributed by atoms with Gasteiger partial charge in [0.05, 0.1) is 11.1 Å². The molecule has 0 fully saturated rings. The number of nitrogens with zero attached hydrogens (tertiary/aromatic N) is 1. The van der Waals surface area contributed by atoms with E-state index >= 15 is 0 Å². The first-order valence-electron chi connectivity index (χ1n) is 6.54. The molecule has 4 nitrogen and oxygen atoms in total. The molecule has 2 aromatic rings. The summed E-state index contributed by atoms with van der Waals surface area (Å²) in [5.41, 5.74) is 2.41. The Kier molecular flexibility index (Phi) is 4.00. The molecule has 0 saturated carbocycles. The Morgan fingerprint density at radius 2 is 2.05 bits per heavy atom. The second-order valence-electron chi connectivity index (χ2n) is 4.39. The summed E-state index contributed by atoms with van der Waals surface area (Å²) in [5.74, 6) is 0.0232. The number of H-pyrrole nitrogens is 1. The molecule has 0 aliphatic rings. The Morgan fingerprint density at radius 3 is 2.68 bits per heavy atom. The highest BCUT2D eigenvalue weighted by Gasteiger charge is 2.17. The third-order valence-corrected chi connectivity index (χ3v) is 3.39. The molecule has 4 heteroatoms. The van der Waals surface area contributed by atoms with E-state index in [4.69, 9.17) is 0 Å². The first kappa shape index (κ1) is 13.3.